The van der Waals surface area contributed by atoms with Crippen LogP contribution in [0.5, 0.6) is 11.5 Å². The van der Waals surface area contributed by atoms with Gasteiger partial charge in [-0.3, -0.25) is 0 Å². The van der Waals surface area contributed by atoms with Crippen molar-refractivity contribution in [3.05, 3.63) is 23.9 Å². The third-order valence-corrected chi connectivity index (χ3v) is 2.91. The van der Waals surface area contributed by atoms with Gasteiger partial charge < -0.3 is 19.2 Å². The molecule has 0 saturated heterocycles. The number of hydrogen-bond acceptors (Lipinski definition) is 4. The zero-order chi connectivity index (χ0) is 15.4. The van der Waals surface area contributed by atoms with E-state index in [2.05, 4.69) is 4.98 Å². The van der Waals surface area contributed by atoms with Gasteiger partial charge in [0.25, 0.3) is 0 Å². The van der Waals surface area contributed by atoms with Gasteiger partial charge in [-0.25, -0.2) is 4.79 Å². The van der Waals surface area contributed by atoms with Crippen LogP contribution in [-0.4, -0.2) is 30.8 Å². The molecule has 0 unspecified atom stereocenters. The van der Waals surface area contributed by atoms with E-state index in [9.17, 15) is 4.79 Å². The monoisotopic (exact) mass is 291 g/mol. The Kier molecular flexibility index (Phi) is 4.73. The lowest BCUT2D eigenvalue weighted by Crippen LogP contribution is -2.06. The second-order valence-corrected chi connectivity index (χ2v) is 5.07. The third kappa shape index (κ3) is 3.48. The minimum absolute atomic E-state index is 0.0662. The van der Waals surface area contributed by atoms with E-state index in [1.54, 1.807) is 6.07 Å². The standard InChI is InChI=1S/C16H21NO4/c1-5-6-20-15-8-11(21-10(2)3)7-13-12(15)9-14(17-13)16(18)19-4/h7-10,17H,5-6H2,1-4H3. The van der Waals surface area contributed by atoms with E-state index in [-0.39, 0.29) is 6.10 Å². The van der Waals surface area contributed by atoms with Gasteiger partial charge in [-0.05, 0) is 26.3 Å². The molecule has 0 atom stereocenters. The van der Waals surface area contributed by atoms with Crippen molar-refractivity contribution in [1.29, 1.82) is 0 Å². The van der Waals surface area contributed by atoms with Crippen molar-refractivity contribution in [1.82, 2.24) is 4.98 Å². The number of rotatable bonds is 6. The molecule has 0 aliphatic heterocycles. The molecule has 1 N–H and O–H groups in total. The normalized spacial score (nSPS) is 10.9. The smallest absolute Gasteiger partial charge is 0.354 e. The Hall–Kier alpha value is -2.17. The van der Waals surface area contributed by atoms with Crippen molar-refractivity contribution in [3.8, 4) is 11.5 Å². The van der Waals surface area contributed by atoms with Crippen LogP contribution in [0.15, 0.2) is 18.2 Å². The zero-order valence-electron chi connectivity index (χ0n) is 12.9. The molecule has 5 heteroatoms. The number of methoxy groups -OCH3 is 1. The largest absolute Gasteiger partial charge is 0.493 e. The van der Waals surface area contributed by atoms with Crippen molar-refractivity contribution < 1.29 is 19.0 Å². The summed E-state index contributed by atoms with van der Waals surface area (Å²) in [5.41, 5.74) is 1.19. The van der Waals surface area contributed by atoms with Crippen LogP contribution >= 0.6 is 0 Å². The van der Waals surface area contributed by atoms with Crippen LogP contribution in [0.2, 0.25) is 0 Å². The van der Waals surface area contributed by atoms with Crippen molar-refractivity contribution >= 4 is 16.9 Å². The van der Waals surface area contributed by atoms with E-state index >= 15 is 0 Å². The molecule has 0 radical (unpaired) electrons. The van der Waals surface area contributed by atoms with E-state index in [1.165, 1.54) is 7.11 Å². The number of H-pyrrole nitrogens is 1. The summed E-state index contributed by atoms with van der Waals surface area (Å²) in [4.78, 5) is 14.7. The molecule has 0 spiro atoms. The number of esters is 1. The second-order valence-electron chi connectivity index (χ2n) is 5.07. The van der Waals surface area contributed by atoms with Crippen LogP contribution in [-0.2, 0) is 4.74 Å². The van der Waals surface area contributed by atoms with Gasteiger partial charge in [-0.1, -0.05) is 6.92 Å². The first-order valence-corrected chi connectivity index (χ1v) is 7.09. The SMILES string of the molecule is CCCOc1cc(OC(C)C)cc2[nH]c(C(=O)OC)cc12. The average Bonchev–Trinajstić information content (AvgIpc) is 2.87. The predicted octanol–water partition coefficient (Wildman–Crippen LogP) is 3.53. The summed E-state index contributed by atoms with van der Waals surface area (Å²) in [5, 5.41) is 0.847. The molecular weight excluding hydrogens is 270 g/mol. The number of benzene rings is 1. The summed E-state index contributed by atoms with van der Waals surface area (Å²) >= 11 is 0. The van der Waals surface area contributed by atoms with Crippen LogP contribution in [0, 0.1) is 0 Å². The van der Waals surface area contributed by atoms with Crippen molar-refractivity contribution in [2.75, 3.05) is 13.7 Å². The number of ether oxygens (including phenoxy) is 3. The first-order chi connectivity index (χ1) is 10.0. The molecule has 2 rings (SSSR count). The molecule has 1 heterocycles. The van der Waals surface area contributed by atoms with E-state index in [0.717, 1.165) is 17.3 Å². The van der Waals surface area contributed by atoms with Gasteiger partial charge in [0, 0.05) is 17.5 Å². The van der Waals surface area contributed by atoms with Gasteiger partial charge in [0.2, 0.25) is 0 Å². The van der Waals surface area contributed by atoms with E-state index in [1.807, 2.05) is 32.9 Å². The van der Waals surface area contributed by atoms with Gasteiger partial charge in [-0.2, -0.15) is 0 Å². The molecule has 0 aliphatic carbocycles. The summed E-state index contributed by atoms with van der Waals surface area (Å²) in [6.45, 7) is 6.58. The second kappa shape index (κ2) is 6.52. The lowest BCUT2D eigenvalue weighted by Gasteiger charge is -2.12. The van der Waals surface area contributed by atoms with Gasteiger partial charge in [-0.15, -0.1) is 0 Å². The highest BCUT2D eigenvalue weighted by atomic mass is 16.5. The number of carbonyl (C=O) groups is 1. The Morgan fingerprint density at radius 1 is 1.29 bits per heavy atom. The lowest BCUT2D eigenvalue weighted by molar-refractivity contribution is 0.0595. The highest BCUT2D eigenvalue weighted by Crippen LogP contribution is 2.32. The Labute approximate surface area is 124 Å². The van der Waals surface area contributed by atoms with Crippen LogP contribution < -0.4 is 9.47 Å². The Bertz CT molecular complexity index is 630. The highest BCUT2D eigenvalue weighted by Gasteiger charge is 2.14. The van der Waals surface area contributed by atoms with Crippen LogP contribution in [0.1, 0.15) is 37.7 Å². The van der Waals surface area contributed by atoms with Crippen LogP contribution in [0.3, 0.4) is 0 Å². The van der Waals surface area contributed by atoms with Gasteiger partial charge in [0.05, 0.1) is 25.3 Å². The van der Waals surface area contributed by atoms with E-state index in [0.29, 0.717) is 23.8 Å². The van der Waals surface area contributed by atoms with E-state index < -0.39 is 5.97 Å². The molecule has 5 nitrogen and oxygen atoms in total. The van der Waals surface area contributed by atoms with Crippen molar-refractivity contribution in [2.24, 2.45) is 0 Å². The maximum absolute atomic E-state index is 11.6. The third-order valence-electron chi connectivity index (χ3n) is 2.91. The lowest BCUT2D eigenvalue weighted by atomic mass is 10.2. The molecule has 21 heavy (non-hydrogen) atoms. The van der Waals surface area contributed by atoms with Gasteiger partial charge >= 0.3 is 5.97 Å². The number of aromatic nitrogens is 1. The molecule has 1 aromatic carbocycles. The average molecular weight is 291 g/mol. The molecule has 0 bridgehead atoms. The topological polar surface area (TPSA) is 60.5 Å². The quantitative estimate of drug-likeness (QED) is 0.827. The maximum atomic E-state index is 11.6. The Morgan fingerprint density at radius 2 is 2.05 bits per heavy atom. The minimum Gasteiger partial charge on any atom is -0.493 e. The first-order valence-electron chi connectivity index (χ1n) is 7.09. The molecule has 114 valence electrons. The minimum atomic E-state index is -0.404. The number of nitrogens with one attached hydrogen (secondary N) is 1. The molecule has 2 aromatic rings. The number of aromatic amines is 1. The van der Waals surface area contributed by atoms with Gasteiger partial charge in [0.15, 0.2) is 0 Å². The van der Waals surface area contributed by atoms with Crippen LogP contribution in [0.4, 0.5) is 0 Å². The summed E-state index contributed by atoms with van der Waals surface area (Å²) < 4.78 is 16.2. The number of hydrogen-bond donors (Lipinski definition) is 1. The summed E-state index contributed by atoms with van der Waals surface area (Å²) in [6.07, 6.45) is 0.974. The van der Waals surface area contributed by atoms with Gasteiger partial charge in [0.1, 0.15) is 17.2 Å². The molecule has 0 fully saturated rings. The fraction of sp³-hybridized carbons (Fsp3) is 0.438. The summed E-state index contributed by atoms with van der Waals surface area (Å²) in [5.74, 6) is 1.01. The van der Waals surface area contributed by atoms with Crippen LogP contribution in [0.25, 0.3) is 10.9 Å². The summed E-state index contributed by atoms with van der Waals surface area (Å²) in [7, 11) is 1.36. The number of carbonyl (C=O) groups excluding carboxylic acids is 1. The van der Waals surface area contributed by atoms with Crippen molar-refractivity contribution in [2.45, 2.75) is 33.3 Å². The van der Waals surface area contributed by atoms with Crippen molar-refractivity contribution in [3.63, 3.8) is 0 Å². The molecular formula is C16H21NO4. The molecule has 0 saturated carbocycles. The zero-order valence-corrected chi connectivity index (χ0v) is 12.9. The fourth-order valence-corrected chi connectivity index (χ4v) is 2.07. The molecule has 0 amide bonds. The number of fused-ring (bicyclic) bond motifs is 1. The first kappa shape index (κ1) is 15.2. The summed E-state index contributed by atoms with van der Waals surface area (Å²) in [6, 6.07) is 5.46. The molecule has 1 aromatic heterocycles. The maximum Gasteiger partial charge on any atom is 0.354 e. The van der Waals surface area contributed by atoms with E-state index in [4.69, 9.17) is 14.2 Å². The molecule has 0 aliphatic rings. The Morgan fingerprint density at radius 3 is 2.67 bits per heavy atom. The Balaban J connectivity index is 2.48. The predicted molar refractivity (Wildman–Crippen MR) is 81.2 cm³/mol. The highest BCUT2D eigenvalue weighted by molar-refractivity contribution is 5.97. The fourth-order valence-electron chi connectivity index (χ4n) is 2.07.